The van der Waals surface area contributed by atoms with Crippen molar-refractivity contribution in [2.45, 2.75) is 19.9 Å². The minimum atomic E-state index is -0.851. The summed E-state index contributed by atoms with van der Waals surface area (Å²) in [6, 6.07) is 9.27. The fourth-order valence-electron chi connectivity index (χ4n) is 2.34. The molecule has 0 aliphatic carbocycles. The lowest BCUT2D eigenvalue weighted by Gasteiger charge is -2.20. The van der Waals surface area contributed by atoms with Gasteiger partial charge in [-0.1, -0.05) is 37.0 Å². The number of carbonyl (C=O) groups excluding carboxylic acids is 2. The van der Waals surface area contributed by atoms with Crippen LogP contribution in [0.25, 0.3) is 0 Å². The van der Waals surface area contributed by atoms with Crippen LogP contribution in [0, 0.1) is 16.0 Å². The first kappa shape index (κ1) is 22.3. The molecule has 2 aromatic rings. The second-order valence-electron chi connectivity index (χ2n) is 6.40. The molecule has 0 heterocycles. The first-order valence-corrected chi connectivity index (χ1v) is 9.28. The van der Waals surface area contributed by atoms with E-state index in [1.165, 1.54) is 24.4 Å². The number of benzene rings is 2. The largest absolute Gasteiger partial charge is 0.340 e. The number of amides is 2. The Morgan fingerprint density at radius 1 is 1.14 bits per heavy atom. The summed E-state index contributed by atoms with van der Waals surface area (Å²) in [6.45, 7) is 3.54. The van der Waals surface area contributed by atoms with Gasteiger partial charge in [-0.25, -0.2) is 5.43 Å². The second kappa shape index (κ2) is 9.99. The van der Waals surface area contributed by atoms with Crippen LogP contribution in [0.3, 0.4) is 0 Å². The zero-order chi connectivity index (χ0) is 21.6. The highest BCUT2D eigenvalue weighted by molar-refractivity contribution is 6.33. The summed E-state index contributed by atoms with van der Waals surface area (Å²) in [7, 11) is 0. The summed E-state index contributed by atoms with van der Waals surface area (Å²) in [6.07, 6.45) is 1.20. The maximum atomic E-state index is 12.5. The molecule has 1 atom stereocenters. The number of hydrazone groups is 1. The van der Waals surface area contributed by atoms with Gasteiger partial charge in [0.1, 0.15) is 6.04 Å². The first-order chi connectivity index (χ1) is 13.7. The molecular weight excluding hydrogens is 419 g/mol. The van der Waals surface area contributed by atoms with Crippen LogP contribution < -0.4 is 10.7 Å². The summed E-state index contributed by atoms with van der Waals surface area (Å²) < 4.78 is 0. The SMILES string of the molecule is CC(C)C(NC(=O)c1ccc(Cl)cc1)C(=O)NN=Cc1cc([N+](=O)[O-])ccc1Cl. The Morgan fingerprint density at radius 2 is 1.79 bits per heavy atom. The summed E-state index contributed by atoms with van der Waals surface area (Å²) in [5.74, 6) is -1.19. The van der Waals surface area contributed by atoms with E-state index in [4.69, 9.17) is 23.2 Å². The number of non-ortho nitro benzene ring substituents is 1. The molecule has 2 rings (SSSR count). The Kier molecular flexibility index (Phi) is 7.69. The lowest BCUT2D eigenvalue weighted by Crippen LogP contribution is -2.48. The van der Waals surface area contributed by atoms with Gasteiger partial charge in [0.05, 0.1) is 11.1 Å². The number of nitro benzene ring substituents is 1. The van der Waals surface area contributed by atoms with E-state index in [1.807, 2.05) is 0 Å². The van der Waals surface area contributed by atoms with Crippen LogP contribution in [0.15, 0.2) is 47.6 Å². The van der Waals surface area contributed by atoms with E-state index in [1.54, 1.807) is 38.1 Å². The number of nitrogens with one attached hydrogen (secondary N) is 2. The molecule has 0 saturated heterocycles. The van der Waals surface area contributed by atoms with E-state index in [-0.39, 0.29) is 22.2 Å². The van der Waals surface area contributed by atoms with E-state index >= 15 is 0 Å². The Hall–Kier alpha value is -2.97. The fourth-order valence-corrected chi connectivity index (χ4v) is 2.63. The molecule has 2 N–H and O–H groups in total. The van der Waals surface area contributed by atoms with Gasteiger partial charge < -0.3 is 5.32 Å². The zero-order valence-electron chi connectivity index (χ0n) is 15.6. The monoisotopic (exact) mass is 436 g/mol. The lowest BCUT2D eigenvalue weighted by atomic mass is 10.0. The minimum Gasteiger partial charge on any atom is -0.340 e. The van der Waals surface area contributed by atoms with Gasteiger partial charge in [-0.05, 0) is 36.2 Å². The Labute approximate surface area is 177 Å². The van der Waals surface area contributed by atoms with Crippen molar-refractivity contribution in [3.05, 3.63) is 73.8 Å². The van der Waals surface area contributed by atoms with Crippen LogP contribution in [0.2, 0.25) is 10.0 Å². The molecule has 10 heteroatoms. The van der Waals surface area contributed by atoms with Gasteiger partial charge in [-0.15, -0.1) is 0 Å². The topological polar surface area (TPSA) is 114 Å². The number of nitro groups is 1. The molecule has 0 bridgehead atoms. The number of rotatable bonds is 7. The fraction of sp³-hybridized carbons (Fsp3) is 0.211. The molecule has 2 aromatic carbocycles. The molecule has 0 saturated carbocycles. The molecule has 0 spiro atoms. The average molecular weight is 437 g/mol. The van der Waals surface area contributed by atoms with Gasteiger partial charge >= 0.3 is 0 Å². The van der Waals surface area contributed by atoms with Gasteiger partial charge in [-0.2, -0.15) is 5.10 Å². The molecule has 2 amide bonds. The number of halogens is 2. The van der Waals surface area contributed by atoms with E-state index in [0.29, 0.717) is 10.6 Å². The van der Waals surface area contributed by atoms with Gasteiger partial charge in [0.2, 0.25) is 0 Å². The maximum Gasteiger partial charge on any atom is 0.270 e. The average Bonchev–Trinajstić information content (AvgIpc) is 2.67. The third-order valence-electron chi connectivity index (χ3n) is 3.91. The Bertz CT molecular complexity index is 946. The van der Waals surface area contributed by atoms with Crippen molar-refractivity contribution < 1.29 is 14.5 Å². The Morgan fingerprint density at radius 3 is 2.38 bits per heavy atom. The summed E-state index contributed by atoms with van der Waals surface area (Å²) in [5, 5.41) is 18.0. The van der Waals surface area contributed by atoms with Gasteiger partial charge in [0.15, 0.2) is 0 Å². The predicted molar refractivity (Wildman–Crippen MR) is 111 cm³/mol. The third kappa shape index (κ3) is 6.27. The van der Waals surface area contributed by atoms with Crippen LogP contribution in [-0.2, 0) is 4.79 Å². The molecular formula is C19H18Cl2N4O4. The van der Waals surface area contributed by atoms with Gasteiger partial charge in [0.25, 0.3) is 17.5 Å². The van der Waals surface area contributed by atoms with Crippen LogP contribution in [-0.4, -0.2) is 29.0 Å². The highest BCUT2D eigenvalue weighted by Gasteiger charge is 2.24. The van der Waals surface area contributed by atoms with E-state index in [2.05, 4.69) is 15.8 Å². The summed E-state index contributed by atoms with van der Waals surface area (Å²) in [5.41, 5.74) is 2.80. The number of carbonyl (C=O) groups is 2. The quantitative estimate of drug-likeness (QED) is 0.390. The first-order valence-electron chi connectivity index (χ1n) is 8.52. The van der Waals surface area contributed by atoms with Crippen molar-refractivity contribution in [1.29, 1.82) is 0 Å². The van der Waals surface area contributed by atoms with E-state index in [9.17, 15) is 19.7 Å². The highest BCUT2D eigenvalue weighted by Crippen LogP contribution is 2.20. The second-order valence-corrected chi connectivity index (χ2v) is 7.24. The zero-order valence-corrected chi connectivity index (χ0v) is 17.1. The van der Waals surface area contributed by atoms with E-state index < -0.39 is 22.8 Å². The van der Waals surface area contributed by atoms with Crippen LogP contribution in [0.4, 0.5) is 5.69 Å². The predicted octanol–water partition coefficient (Wildman–Crippen LogP) is 3.81. The molecule has 0 radical (unpaired) electrons. The molecule has 0 fully saturated rings. The number of hydrogen-bond acceptors (Lipinski definition) is 5. The van der Waals surface area contributed by atoms with Crippen LogP contribution >= 0.6 is 23.2 Å². The van der Waals surface area contributed by atoms with Crippen LogP contribution in [0.5, 0.6) is 0 Å². The molecule has 152 valence electrons. The third-order valence-corrected chi connectivity index (χ3v) is 4.51. The van der Waals surface area contributed by atoms with Crippen molar-refractivity contribution >= 4 is 46.9 Å². The van der Waals surface area contributed by atoms with Gasteiger partial charge in [0, 0.05) is 33.3 Å². The van der Waals surface area contributed by atoms with Crippen molar-refractivity contribution in [2.24, 2.45) is 11.0 Å². The van der Waals surface area contributed by atoms with Crippen molar-refractivity contribution in [2.75, 3.05) is 0 Å². The van der Waals surface area contributed by atoms with Crippen molar-refractivity contribution in [3.8, 4) is 0 Å². The molecule has 29 heavy (non-hydrogen) atoms. The maximum absolute atomic E-state index is 12.5. The number of hydrogen-bond donors (Lipinski definition) is 2. The highest BCUT2D eigenvalue weighted by atomic mass is 35.5. The van der Waals surface area contributed by atoms with Crippen molar-refractivity contribution in [1.82, 2.24) is 10.7 Å². The molecule has 0 aromatic heterocycles. The lowest BCUT2D eigenvalue weighted by molar-refractivity contribution is -0.384. The van der Waals surface area contributed by atoms with Gasteiger partial charge in [-0.3, -0.25) is 19.7 Å². The normalized spacial score (nSPS) is 12.0. The smallest absolute Gasteiger partial charge is 0.270 e. The van der Waals surface area contributed by atoms with Crippen LogP contribution in [0.1, 0.15) is 29.8 Å². The summed E-state index contributed by atoms with van der Waals surface area (Å²) in [4.78, 5) is 35.1. The minimum absolute atomic E-state index is 0.155. The van der Waals surface area contributed by atoms with E-state index in [0.717, 1.165) is 0 Å². The standard InChI is InChI=1S/C19H18Cl2N4O4/c1-11(2)17(23-18(26)12-3-5-14(20)6-4-12)19(27)24-22-10-13-9-15(25(28)29)7-8-16(13)21/h3-11,17H,1-2H3,(H,23,26)(H,24,27). The number of nitrogens with zero attached hydrogens (tertiary/aromatic N) is 2. The molecule has 0 aliphatic heterocycles. The molecule has 0 aliphatic rings. The Balaban J connectivity index is 2.07. The molecule has 1 unspecified atom stereocenters. The van der Waals surface area contributed by atoms with Crippen molar-refractivity contribution in [3.63, 3.8) is 0 Å². The molecule has 8 nitrogen and oxygen atoms in total. The summed E-state index contributed by atoms with van der Waals surface area (Å²) >= 11 is 11.8.